The third-order valence-corrected chi connectivity index (χ3v) is 14.7. The van der Waals surface area contributed by atoms with Gasteiger partial charge >= 0.3 is 183 Å². The van der Waals surface area contributed by atoms with Crippen LogP contribution in [0.15, 0.2) is 121 Å². The van der Waals surface area contributed by atoms with Gasteiger partial charge in [-0.25, -0.2) is 0 Å². The van der Waals surface area contributed by atoms with E-state index in [-0.39, 0.29) is 0 Å². The van der Waals surface area contributed by atoms with Gasteiger partial charge in [-0.15, -0.1) is 0 Å². The molecule has 5 N–H and O–H groups in total. The van der Waals surface area contributed by atoms with Crippen LogP contribution in [0.2, 0.25) is 0 Å². The number of rotatable bonds is 6. The molecule has 0 aliphatic rings. The normalized spacial score (nSPS) is 13.4. The first-order valence-electron chi connectivity index (χ1n) is 9.67. The van der Waals surface area contributed by atoms with Crippen molar-refractivity contribution in [3.8, 4) is 0 Å². The molecule has 0 heterocycles. The van der Waals surface area contributed by atoms with Gasteiger partial charge in [-0.05, 0) is 0 Å². The number of halogens is 1. The van der Waals surface area contributed by atoms with Gasteiger partial charge in [-0.3, -0.25) is 0 Å². The molecular formula is C24H25ClN3P2+. The van der Waals surface area contributed by atoms with Crippen LogP contribution >= 0.6 is 25.1 Å². The van der Waals surface area contributed by atoms with Crippen molar-refractivity contribution in [2.24, 2.45) is 11.0 Å². The number of benzene rings is 4. The minimum absolute atomic E-state index is 0.845. The molecule has 0 aromatic heterocycles. The molecule has 0 aliphatic carbocycles. The van der Waals surface area contributed by atoms with Crippen molar-refractivity contribution in [2.45, 2.75) is 0 Å². The van der Waals surface area contributed by atoms with Crippen LogP contribution in [0.4, 0.5) is 0 Å². The summed E-state index contributed by atoms with van der Waals surface area (Å²) in [4.78, 5) is 3.71. The molecule has 0 aliphatic heterocycles. The van der Waals surface area contributed by atoms with Gasteiger partial charge in [0, 0.05) is 0 Å². The Hall–Kier alpha value is -2.09. The fourth-order valence-electron chi connectivity index (χ4n) is 3.60. The maximum absolute atomic E-state index is 7.57. The Morgan fingerprint density at radius 2 is 0.867 bits per heavy atom. The zero-order valence-corrected chi connectivity index (χ0v) is 19.0. The molecule has 152 valence electrons. The molecular weight excluding hydrogens is 428 g/mol. The van der Waals surface area contributed by atoms with E-state index in [4.69, 9.17) is 22.2 Å². The Bertz CT molecular complexity index is 1030. The van der Waals surface area contributed by atoms with E-state index >= 15 is 0 Å². The molecule has 0 spiro atoms. The summed E-state index contributed by atoms with van der Waals surface area (Å²) in [7, 11) is -2.64. The molecule has 0 unspecified atom stereocenters. The third-order valence-electron chi connectivity index (χ3n) is 5.20. The predicted octanol–water partition coefficient (Wildman–Crippen LogP) is 4.18. The van der Waals surface area contributed by atoms with Crippen LogP contribution in [0.1, 0.15) is 0 Å². The summed E-state index contributed by atoms with van der Waals surface area (Å²) < 4.78 is 0. The molecule has 4 rings (SSSR count). The summed E-state index contributed by atoms with van der Waals surface area (Å²) in [6.45, 7) is 0. The average Bonchev–Trinajstić information content (AvgIpc) is 2.81. The zero-order chi connectivity index (χ0) is 21.1. The summed E-state index contributed by atoms with van der Waals surface area (Å²) in [5.74, 6) is 0. The van der Waals surface area contributed by atoms with Crippen molar-refractivity contribution in [1.29, 1.82) is 0 Å². The Morgan fingerprint density at radius 1 is 0.567 bits per heavy atom. The second-order valence-corrected chi connectivity index (χ2v) is 15.8. The van der Waals surface area contributed by atoms with Gasteiger partial charge < -0.3 is 0 Å². The van der Waals surface area contributed by atoms with Crippen molar-refractivity contribution in [1.82, 2.24) is 4.86 Å². The predicted molar refractivity (Wildman–Crippen MR) is 136 cm³/mol. The summed E-state index contributed by atoms with van der Waals surface area (Å²) >= 11 is 7.57. The first-order chi connectivity index (χ1) is 14.4. The van der Waals surface area contributed by atoms with Crippen LogP contribution < -0.4 is 37.1 Å². The number of hydrogen-bond acceptors (Lipinski definition) is 3. The van der Waals surface area contributed by atoms with E-state index in [9.17, 15) is 0 Å². The molecule has 4 aromatic rings. The van der Waals surface area contributed by atoms with E-state index in [2.05, 4.69) is 4.86 Å². The molecule has 0 atom stereocenters. The molecule has 0 radical (unpaired) electrons. The standard InChI is InChI=1S/C24H25ClN3P2/c25-30(27,23-17-9-3-10-18-23,24-19-11-4-12-20-24)28-29(26,21-13-5-1-6-14-21)22-15-7-2-8-16-22/h1-20,28H,26-27H2/q+1. The van der Waals surface area contributed by atoms with Crippen LogP contribution in [-0.4, -0.2) is 0 Å². The van der Waals surface area contributed by atoms with Gasteiger partial charge in [0.1, 0.15) is 0 Å². The first kappa shape index (κ1) is 21.2. The van der Waals surface area contributed by atoms with Crippen LogP contribution in [0.5, 0.6) is 0 Å². The summed E-state index contributed by atoms with van der Waals surface area (Å²) in [5.41, 5.74) is 14.5. The van der Waals surface area contributed by atoms with Gasteiger partial charge in [0.15, 0.2) is 0 Å². The number of nitrogens with one attached hydrogen (secondary N) is 1. The van der Waals surface area contributed by atoms with Gasteiger partial charge in [-0.2, -0.15) is 0 Å². The molecule has 3 nitrogen and oxygen atoms in total. The van der Waals surface area contributed by atoms with Gasteiger partial charge in [0.25, 0.3) is 0 Å². The van der Waals surface area contributed by atoms with E-state index < -0.39 is 13.8 Å². The van der Waals surface area contributed by atoms with Crippen molar-refractivity contribution in [3.05, 3.63) is 121 Å². The van der Waals surface area contributed by atoms with E-state index in [1.165, 1.54) is 0 Å². The third kappa shape index (κ3) is 3.82. The Morgan fingerprint density at radius 3 is 1.20 bits per heavy atom. The molecule has 0 fully saturated rings. The molecule has 6 heteroatoms. The quantitative estimate of drug-likeness (QED) is 0.384. The molecule has 4 aromatic carbocycles. The molecule has 0 amide bonds. The Labute approximate surface area is 183 Å². The average molecular weight is 453 g/mol. The molecule has 0 saturated carbocycles. The van der Waals surface area contributed by atoms with Crippen molar-refractivity contribution in [2.75, 3.05) is 0 Å². The summed E-state index contributed by atoms with van der Waals surface area (Å²) in [6.07, 6.45) is -3.86. The minimum atomic E-state index is -3.86. The first-order valence-corrected chi connectivity index (χ1v) is 14.7. The van der Waals surface area contributed by atoms with E-state index in [1.54, 1.807) is 0 Å². The second kappa shape index (κ2) is 8.21. The summed E-state index contributed by atoms with van der Waals surface area (Å²) in [6, 6.07) is 39.7. The fraction of sp³-hybridized carbons (Fsp3) is 0. The van der Waals surface area contributed by atoms with Gasteiger partial charge in [0.05, 0.1) is 0 Å². The number of hydrogen-bond donors (Lipinski definition) is 3. The van der Waals surface area contributed by atoms with E-state index in [0.717, 1.165) is 21.2 Å². The summed E-state index contributed by atoms with van der Waals surface area (Å²) in [5, 5.41) is 3.67. The SMILES string of the molecule is N[P+](NP(N)(Cl)(c1ccccc1)c1ccccc1)(c1ccccc1)c1ccccc1. The van der Waals surface area contributed by atoms with Crippen LogP contribution in [-0.2, 0) is 0 Å². The molecule has 0 bridgehead atoms. The van der Waals surface area contributed by atoms with Crippen LogP contribution in [0, 0.1) is 0 Å². The Kier molecular flexibility index (Phi) is 5.79. The van der Waals surface area contributed by atoms with Crippen molar-refractivity contribution in [3.63, 3.8) is 0 Å². The second-order valence-electron chi connectivity index (χ2n) is 7.24. The molecule has 0 saturated heterocycles. The maximum atomic E-state index is 7.57. The Balaban J connectivity index is 1.98. The van der Waals surface area contributed by atoms with E-state index in [0.29, 0.717) is 0 Å². The fourth-order valence-corrected chi connectivity index (χ4v) is 13.1. The van der Waals surface area contributed by atoms with Gasteiger partial charge in [-0.1, -0.05) is 0 Å². The number of nitrogens with two attached hydrogens (primary N) is 2. The zero-order valence-electron chi connectivity index (χ0n) is 16.5. The molecule has 30 heavy (non-hydrogen) atoms. The van der Waals surface area contributed by atoms with E-state index in [1.807, 2.05) is 121 Å². The van der Waals surface area contributed by atoms with Crippen molar-refractivity contribution < 1.29 is 0 Å². The van der Waals surface area contributed by atoms with Crippen LogP contribution in [0.3, 0.4) is 0 Å². The van der Waals surface area contributed by atoms with Gasteiger partial charge in [0.2, 0.25) is 0 Å². The topological polar surface area (TPSA) is 64.1 Å². The van der Waals surface area contributed by atoms with Crippen molar-refractivity contribution >= 4 is 46.3 Å². The monoisotopic (exact) mass is 452 g/mol. The van der Waals surface area contributed by atoms with Crippen LogP contribution in [0.25, 0.3) is 0 Å².